The number of carbonyl (C=O) groups is 2. The second-order valence-electron chi connectivity index (χ2n) is 6.48. The molecule has 2 aromatic rings. The van der Waals surface area contributed by atoms with Gasteiger partial charge in [-0.3, -0.25) is 9.59 Å². The van der Waals surface area contributed by atoms with Crippen LogP contribution in [0.4, 0.5) is 6.01 Å². The van der Waals surface area contributed by atoms with E-state index in [-0.39, 0.29) is 18.2 Å². The number of amides is 1. The van der Waals surface area contributed by atoms with E-state index in [4.69, 9.17) is 9.52 Å². The van der Waals surface area contributed by atoms with E-state index in [9.17, 15) is 9.59 Å². The SMILES string of the molecule is CN(CCCC(=O)O)C(=O)C1CCN(c2nc3ccccc3o2)CC1. The molecule has 1 amide bonds. The number of fused-ring (bicyclic) bond motifs is 1. The molecule has 0 atom stereocenters. The second-order valence-corrected chi connectivity index (χ2v) is 6.48. The molecule has 0 bridgehead atoms. The molecular formula is C18H23N3O4. The van der Waals surface area contributed by atoms with Gasteiger partial charge in [0.1, 0.15) is 5.52 Å². The smallest absolute Gasteiger partial charge is 0.303 e. The lowest BCUT2D eigenvalue weighted by Gasteiger charge is -2.32. The Balaban J connectivity index is 1.52. The van der Waals surface area contributed by atoms with Crippen LogP contribution >= 0.6 is 0 Å². The molecule has 1 fully saturated rings. The summed E-state index contributed by atoms with van der Waals surface area (Å²) in [4.78, 5) is 31.3. The van der Waals surface area contributed by atoms with E-state index in [2.05, 4.69) is 9.88 Å². The van der Waals surface area contributed by atoms with Crippen LogP contribution in [0.1, 0.15) is 25.7 Å². The number of oxazole rings is 1. The summed E-state index contributed by atoms with van der Waals surface area (Å²) < 4.78 is 5.79. The van der Waals surface area contributed by atoms with Crippen LogP contribution in [-0.4, -0.2) is 53.5 Å². The zero-order valence-corrected chi connectivity index (χ0v) is 14.4. The molecule has 1 aliphatic rings. The standard InChI is InChI=1S/C18H23N3O4/c1-20(10-4-7-16(22)23)17(24)13-8-11-21(12-9-13)18-19-14-5-2-3-6-15(14)25-18/h2-3,5-6,13H,4,7-12H2,1H3,(H,22,23). The van der Waals surface area contributed by atoms with E-state index < -0.39 is 5.97 Å². The molecule has 1 aromatic carbocycles. The third-order valence-corrected chi connectivity index (χ3v) is 4.66. The number of benzene rings is 1. The minimum atomic E-state index is -0.826. The molecule has 1 aromatic heterocycles. The molecule has 1 saturated heterocycles. The average Bonchev–Trinajstić information content (AvgIpc) is 3.05. The summed E-state index contributed by atoms with van der Waals surface area (Å²) in [5.74, 6) is -0.745. The van der Waals surface area contributed by atoms with Crippen LogP contribution in [0.3, 0.4) is 0 Å². The molecule has 7 nitrogen and oxygen atoms in total. The summed E-state index contributed by atoms with van der Waals surface area (Å²) in [5, 5.41) is 8.68. The number of rotatable bonds is 6. The van der Waals surface area contributed by atoms with Crippen molar-refractivity contribution in [3.63, 3.8) is 0 Å². The summed E-state index contributed by atoms with van der Waals surface area (Å²) in [6.45, 7) is 1.94. The van der Waals surface area contributed by atoms with Gasteiger partial charge in [-0.1, -0.05) is 12.1 Å². The van der Waals surface area contributed by atoms with Crippen LogP contribution in [0.5, 0.6) is 0 Å². The maximum absolute atomic E-state index is 12.5. The Morgan fingerprint density at radius 1 is 1.32 bits per heavy atom. The number of para-hydroxylation sites is 2. The predicted octanol–water partition coefficient (Wildman–Crippen LogP) is 2.37. The fourth-order valence-electron chi connectivity index (χ4n) is 3.20. The molecule has 0 aliphatic carbocycles. The molecule has 134 valence electrons. The highest BCUT2D eigenvalue weighted by molar-refractivity contribution is 5.79. The van der Waals surface area contributed by atoms with Crippen molar-refractivity contribution >= 4 is 29.0 Å². The number of anilines is 1. The third kappa shape index (κ3) is 4.10. The van der Waals surface area contributed by atoms with Gasteiger partial charge in [-0.15, -0.1) is 0 Å². The van der Waals surface area contributed by atoms with Crippen molar-refractivity contribution in [1.82, 2.24) is 9.88 Å². The van der Waals surface area contributed by atoms with Crippen LogP contribution < -0.4 is 4.90 Å². The summed E-state index contributed by atoms with van der Waals surface area (Å²) in [7, 11) is 1.75. The number of carboxylic acid groups (broad SMARTS) is 1. The van der Waals surface area contributed by atoms with Crippen LogP contribution in [0.2, 0.25) is 0 Å². The lowest BCUT2D eigenvalue weighted by molar-refractivity contribution is -0.139. The first-order valence-electron chi connectivity index (χ1n) is 8.62. The van der Waals surface area contributed by atoms with E-state index in [1.807, 2.05) is 24.3 Å². The van der Waals surface area contributed by atoms with Gasteiger partial charge in [0.2, 0.25) is 5.91 Å². The number of hydrogen-bond acceptors (Lipinski definition) is 5. The number of hydrogen-bond donors (Lipinski definition) is 1. The lowest BCUT2D eigenvalue weighted by Crippen LogP contribution is -2.41. The summed E-state index contributed by atoms with van der Waals surface area (Å²) in [5.41, 5.74) is 1.61. The van der Waals surface area contributed by atoms with Gasteiger partial charge in [0, 0.05) is 39.0 Å². The molecule has 1 aliphatic heterocycles. The highest BCUT2D eigenvalue weighted by Crippen LogP contribution is 2.27. The molecule has 0 spiro atoms. The Hall–Kier alpha value is -2.57. The molecule has 25 heavy (non-hydrogen) atoms. The van der Waals surface area contributed by atoms with Gasteiger partial charge in [0.15, 0.2) is 5.58 Å². The third-order valence-electron chi connectivity index (χ3n) is 4.66. The number of aromatic nitrogens is 1. The summed E-state index contributed by atoms with van der Waals surface area (Å²) in [6, 6.07) is 8.28. The van der Waals surface area contributed by atoms with Gasteiger partial charge in [-0.25, -0.2) is 0 Å². The number of carboxylic acids is 1. The number of aliphatic carboxylic acids is 1. The van der Waals surface area contributed by atoms with E-state index >= 15 is 0 Å². The van der Waals surface area contributed by atoms with Crippen LogP contribution in [-0.2, 0) is 9.59 Å². The minimum Gasteiger partial charge on any atom is -0.481 e. The molecule has 2 heterocycles. The Morgan fingerprint density at radius 3 is 2.72 bits per heavy atom. The average molecular weight is 345 g/mol. The second kappa shape index (κ2) is 7.55. The minimum absolute atomic E-state index is 0.0181. The molecule has 0 radical (unpaired) electrons. The van der Waals surface area contributed by atoms with Crippen LogP contribution in [0, 0.1) is 5.92 Å². The van der Waals surface area contributed by atoms with Crippen molar-refractivity contribution in [2.24, 2.45) is 5.92 Å². The highest BCUT2D eigenvalue weighted by atomic mass is 16.4. The van der Waals surface area contributed by atoms with E-state index in [1.54, 1.807) is 11.9 Å². The normalized spacial score (nSPS) is 15.5. The molecule has 1 N–H and O–H groups in total. The largest absolute Gasteiger partial charge is 0.481 e. The van der Waals surface area contributed by atoms with E-state index in [0.29, 0.717) is 19.0 Å². The van der Waals surface area contributed by atoms with Crippen molar-refractivity contribution in [1.29, 1.82) is 0 Å². The zero-order chi connectivity index (χ0) is 17.8. The van der Waals surface area contributed by atoms with Crippen LogP contribution in [0.25, 0.3) is 11.1 Å². The predicted molar refractivity (Wildman–Crippen MR) is 93.5 cm³/mol. The molecule has 0 saturated carbocycles. The maximum atomic E-state index is 12.5. The fourth-order valence-corrected chi connectivity index (χ4v) is 3.20. The number of nitrogens with zero attached hydrogens (tertiary/aromatic N) is 3. The van der Waals surface area contributed by atoms with Crippen molar-refractivity contribution in [2.75, 3.05) is 31.6 Å². The Labute approximate surface area is 146 Å². The van der Waals surface area contributed by atoms with Crippen molar-refractivity contribution in [3.05, 3.63) is 24.3 Å². The Morgan fingerprint density at radius 2 is 2.04 bits per heavy atom. The van der Waals surface area contributed by atoms with Gasteiger partial charge in [-0.05, 0) is 31.4 Å². The number of piperidine rings is 1. The monoisotopic (exact) mass is 345 g/mol. The topological polar surface area (TPSA) is 86.9 Å². The van der Waals surface area contributed by atoms with Gasteiger partial charge >= 0.3 is 5.97 Å². The van der Waals surface area contributed by atoms with E-state index in [0.717, 1.165) is 37.0 Å². The molecule has 0 unspecified atom stereocenters. The van der Waals surface area contributed by atoms with Gasteiger partial charge in [0.25, 0.3) is 6.01 Å². The molecule has 3 rings (SSSR count). The first kappa shape index (κ1) is 17.3. The van der Waals surface area contributed by atoms with Crippen LogP contribution in [0.15, 0.2) is 28.7 Å². The zero-order valence-electron chi connectivity index (χ0n) is 14.4. The van der Waals surface area contributed by atoms with Gasteiger partial charge in [-0.2, -0.15) is 4.98 Å². The van der Waals surface area contributed by atoms with Crippen molar-refractivity contribution in [3.8, 4) is 0 Å². The van der Waals surface area contributed by atoms with Crippen molar-refractivity contribution < 1.29 is 19.1 Å². The lowest BCUT2D eigenvalue weighted by atomic mass is 9.95. The quantitative estimate of drug-likeness (QED) is 0.865. The first-order valence-corrected chi connectivity index (χ1v) is 8.62. The fraction of sp³-hybridized carbons (Fsp3) is 0.500. The summed E-state index contributed by atoms with van der Waals surface area (Å²) in [6.07, 6.45) is 2.08. The molecular weight excluding hydrogens is 322 g/mol. The van der Waals surface area contributed by atoms with E-state index in [1.165, 1.54) is 0 Å². The summed E-state index contributed by atoms with van der Waals surface area (Å²) >= 11 is 0. The maximum Gasteiger partial charge on any atom is 0.303 e. The van der Waals surface area contributed by atoms with Crippen molar-refractivity contribution in [2.45, 2.75) is 25.7 Å². The molecule has 7 heteroatoms. The van der Waals surface area contributed by atoms with Gasteiger partial charge < -0.3 is 19.3 Å². The highest BCUT2D eigenvalue weighted by Gasteiger charge is 2.28. The first-order chi connectivity index (χ1) is 12.0. The Kier molecular flexibility index (Phi) is 5.21. The van der Waals surface area contributed by atoms with Gasteiger partial charge in [0.05, 0.1) is 0 Å². The Bertz CT molecular complexity index is 717. The number of carbonyl (C=O) groups excluding carboxylic acids is 1.